The van der Waals surface area contributed by atoms with Gasteiger partial charge >= 0.3 is 0 Å². The molecule has 0 fully saturated rings. The fourth-order valence-corrected chi connectivity index (χ4v) is 0.978. The molecule has 0 unspecified atom stereocenters. The summed E-state index contributed by atoms with van der Waals surface area (Å²) in [4.78, 5) is 28.2. The first-order chi connectivity index (χ1) is 7.25. The fraction of sp³-hybridized carbons (Fsp3) is 0. The lowest BCUT2D eigenvalue weighted by atomic mass is 10.4. The van der Waals surface area contributed by atoms with E-state index in [0.29, 0.717) is 5.82 Å². The average Bonchev–Trinajstić information content (AvgIpc) is 2.71. The Balaban J connectivity index is 2.15. The first-order valence-electron chi connectivity index (χ1n) is 4.11. The highest BCUT2D eigenvalue weighted by Crippen LogP contribution is 2.00. The first-order valence-corrected chi connectivity index (χ1v) is 4.11. The summed E-state index contributed by atoms with van der Waals surface area (Å²) in [6.45, 7) is 0. The molecule has 15 heavy (non-hydrogen) atoms. The summed E-state index contributed by atoms with van der Waals surface area (Å²) >= 11 is 0. The molecule has 2 aromatic rings. The van der Waals surface area contributed by atoms with Gasteiger partial charge < -0.3 is 10.3 Å². The van der Waals surface area contributed by atoms with Crippen molar-refractivity contribution in [3.05, 3.63) is 40.7 Å². The molecular formula is C8H7N5O2. The van der Waals surface area contributed by atoms with E-state index in [1.165, 1.54) is 12.4 Å². The molecular weight excluding hydrogens is 198 g/mol. The Morgan fingerprint density at radius 3 is 2.93 bits per heavy atom. The number of carbonyl (C=O) groups is 1. The van der Waals surface area contributed by atoms with E-state index in [-0.39, 0.29) is 11.3 Å². The average molecular weight is 205 g/mol. The predicted octanol–water partition coefficient (Wildman–Crippen LogP) is -0.255. The zero-order valence-corrected chi connectivity index (χ0v) is 7.52. The van der Waals surface area contributed by atoms with Gasteiger partial charge in [-0.3, -0.25) is 14.7 Å². The number of nitrogens with one attached hydrogen (secondary N) is 3. The highest BCUT2D eigenvalue weighted by atomic mass is 16.2. The normalized spacial score (nSPS) is 9.87. The molecule has 0 aromatic carbocycles. The molecule has 0 bridgehead atoms. The summed E-state index contributed by atoms with van der Waals surface area (Å²) < 4.78 is 0. The Morgan fingerprint density at radius 1 is 1.47 bits per heavy atom. The van der Waals surface area contributed by atoms with Gasteiger partial charge in [0.25, 0.3) is 11.5 Å². The SMILES string of the molecule is O=C(Nc1ccn[nH]1)c1c[nH]c(=O)cn1. The molecule has 0 radical (unpaired) electrons. The van der Waals surface area contributed by atoms with E-state index in [4.69, 9.17) is 0 Å². The van der Waals surface area contributed by atoms with Crippen molar-refractivity contribution in [3.8, 4) is 0 Å². The van der Waals surface area contributed by atoms with Crippen molar-refractivity contribution in [2.45, 2.75) is 0 Å². The number of hydrogen-bond acceptors (Lipinski definition) is 4. The van der Waals surface area contributed by atoms with Gasteiger partial charge in [-0.05, 0) is 0 Å². The third kappa shape index (κ3) is 2.08. The van der Waals surface area contributed by atoms with Crippen LogP contribution in [0.2, 0.25) is 0 Å². The number of anilines is 1. The van der Waals surface area contributed by atoms with Crippen molar-refractivity contribution >= 4 is 11.7 Å². The summed E-state index contributed by atoms with van der Waals surface area (Å²) in [5, 5.41) is 8.75. The molecule has 7 heteroatoms. The van der Waals surface area contributed by atoms with Crippen LogP contribution in [0.5, 0.6) is 0 Å². The van der Waals surface area contributed by atoms with Gasteiger partial charge in [0, 0.05) is 12.3 Å². The molecule has 0 spiro atoms. The number of aromatic amines is 2. The number of H-pyrrole nitrogens is 2. The van der Waals surface area contributed by atoms with E-state index in [0.717, 1.165) is 6.20 Å². The molecule has 0 saturated heterocycles. The van der Waals surface area contributed by atoms with E-state index in [1.54, 1.807) is 6.07 Å². The van der Waals surface area contributed by atoms with Crippen molar-refractivity contribution in [2.75, 3.05) is 5.32 Å². The third-order valence-corrected chi connectivity index (χ3v) is 1.65. The van der Waals surface area contributed by atoms with Crippen LogP contribution in [-0.4, -0.2) is 26.1 Å². The maximum Gasteiger partial charge on any atom is 0.276 e. The Bertz CT molecular complexity index is 496. The molecule has 0 aliphatic rings. The van der Waals surface area contributed by atoms with E-state index >= 15 is 0 Å². The van der Waals surface area contributed by atoms with Crippen LogP contribution < -0.4 is 10.9 Å². The number of aromatic nitrogens is 4. The van der Waals surface area contributed by atoms with Crippen LogP contribution in [0.4, 0.5) is 5.82 Å². The van der Waals surface area contributed by atoms with Gasteiger partial charge in [-0.15, -0.1) is 0 Å². The maximum atomic E-state index is 11.5. The molecule has 7 nitrogen and oxygen atoms in total. The summed E-state index contributed by atoms with van der Waals surface area (Å²) in [5.74, 6) is 0.0449. The Morgan fingerprint density at radius 2 is 2.33 bits per heavy atom. The van der Waals surface area contributed by atoms with Gasteiger partial charge in [0.2, 0.25) is 0 Å². The van der Waals surface area contributed by atoms with E-state index in [9.17, 15) is 9.59 Å². The number of carbonyl (C=O) groups excluding carboxylic acids is 1. The predicted molar refractivity (Wildman–Crippen MR) is 51.4 cm³/mol. The fourth-order valence-electron chi connectivity index (χ4n) is 0.978. The van der Waals surface area contributed by atoms with Crippen molar-refractivity contribution in [3.63, 3.8) is 0 Å². The molecule has 76 valence electrons. The summed E-state index contributed by atoms with van der Waals surface area (Å²) in [6, 6.07) is 1.60. The minimum absolute atomic E-state index is 0.129. The van der Waals surface area contributed by atoms with Gasteiger partial charge in [-0.1, -0.05) is 0 Å². The van der Waals surface area contributed by atoms with E-state index in [2.05, 4.69) is 25.5 Å². The minimum atomic E-state index is -0.421. The maximum absolute atomic E-state index is 11.5. The zero-order valence-electron chi connectivity index (χ0n) is 7.52. The highest BCUT2D eigenvalue weighted by molar-refractivity contribution is 6.01. The van der Waals surface area contributed by atoms with Crippen LogP contribution in [0.1, 0.15) is 10.5 Å². The Kier molecular flexibility index (Phi) is 2.28. The third-order valence-electron chi connectivity index (χ3n) is 1.65. The molecule has 0 atom stereocenters. The molecule has 0 saturated carbocycles. The van der Waals surface area contributed by atoms with Crippen molar-refractivity contribution in [1.82, 2.24) is 20.2 Å². The van der Waals surface area contributed by atoms with Crippen LogP contribution in [0.15, 0.2) is 29.5 Å². The lowest BCUT2D eigenvalue weighted by Gasteiger charge is -1.99. The summed E-state index contributed by atoms with van der Waals surface area (Å²) in [5.41, 5.74) is -0.225. The second-order valence-corrected chi connectivity index (χ2v) is 2.72. The quantitative estimate of drug-likeness (QED) is 0.628. The Hall–Kier alpha value is -2.44. The molecule has 0 aliphatic heterocycles. The zero-order chi connectivity index (χ0) is 10.7. The van der Waals surface area contributed by atoms with Crippen molar-refractivity contribution < 1.29 is 4.79 Å². The van der Waals surface area contributed by atoms with Crippen LogP contribution in [0, 0.1) is 0 Å². The smallest absolute Gasteiger partial charge is 0.276 e. The van der Waals surface area contributed by atoms with E-state index < -0.39 is 5.91 Å². The molecule has 3 N–H and O–H groups in total. The second kappa shape index (κ2) is 3.74. The van der Waals surface area contributed by atoms with E-state index in [1.807, 2.05) is 0 Å². The summed E-state index contributed by atoms with van der Waals surface area (Å²) in [6.07, 6.45) is 3.80. The van der Waals surface area contributed by atoms with Gasteiger partial charge in [-0.2, -0.15) is 5.10 Å². The standard InChI is InChI=1S/C8H7N5O2/c14-7-4-9-5(3-10-7)8(15)12-6-1-2-11-13-6/h1-4H,(H,10,14)(H2,11,12,13,15). The van der Waals surface area contributed by atoms with Crippen molar-refractivity contribution in [1.29, 1.82) is 0 Å². The second-order valence-electron chi connectivity index (χ2n) is 2.72. The largest absolute Gasteiger partial charge is 0.325 e. The number of rotatable bonds is 2. The molecule has 0 aliphatic carbocycles. The van der Waals surface area contributed by atoms with Crippen LogP contribution >= 0.6 is 0 Å². The van der Waals surface area contributed by atoms with Gasteiger partial charge in [-0.25, -0.2) is 4.98 Å². The van der Waals surface area contributed by atoms with Gasteiger partial charge in [0.15, 0.2) is 0 Å². The Labute approximate surface area is 83.6 Å². The molecule has 2 aromatic heterocycles. The van der Waals surface area contributed by atoms with Crippen LogP contribution in [0.25, 0.3) is 0 Å². The topological polar surface area (TPSA) is 104 Å². The molecule has 2 heterocycles. The lowest BCUT2D eigenvalue weighted by Crippen LogP contribution is -2.17. The highest BCUT2D eigenvalue weighted by Gasteiger charge is 2.07. The number of hydrogen-bond donors (Lipinski definition) is 3. The van der Waals surface area contributed by atoms with Crippen LogP contribution in [0.3, 0.4) is 0 Å². The van der Waals surface area contributed by atoms with Crippen molar-refractivity contribution in [2.24, 2.45) is 0 Å². The van der Waals surface area contributed by atoms with Crippen LogP contribution in [-0.2, 0) is 0 Å². The van der Waals surface area contributed by atoms with Gasteiger partial charge in [0.05, 0.1) is 12.4 Å². The first kappa shape index (κ1) is 9.13. The molecule has 2 rings (SSSR count). The lowest BCUT2D eigenvalue weighted by molar-refractivity contribution is 0.102. The monoisotopic (exact) mass is 205 g/mol. The molecule has 1 amide bonds. The van der Waals surface area contributed by atoms with Gasteiger partial charge in [0.1, 0.15) is 11.5 Å². The minimum Gasteiger partial charge on any atom is -0.325 e. The summed E-state index contributed by atoms with van der Waals surface area (Å²) in [7, 11) is 0. The number of nitrogens with zero attached hydrogens (tertiary/aromatic N) is 2. The number of amides is 1.